The number of aryl methyl sites for hydroxylation is 1. The van der Waals surface area contributed by atoms with E-state index in [9.17, 15) is 14.7 Å². The van der Waals surface area contributed by atoms with Gasteiger partial charge in [0.1, 0.15) is 23.3 Å². The molecule has 6 heteroatoms. The summed E-state index contributed by atoms with van der Waals surface area (Å²) >= 11 is 5.92. The zero-order chi connectivity index (χ0) is 19.8. The molecule has 3 aromatic rings. The predicted octanol–water partition coefficient (Wildman–Crippen LogP) is 4.87. The molecule has 28 heavy (non-hydrogen) atoms. The zero-order valence-electron chi connectivity index (χ0n) is 14.9. The first-order valence-electron chi connectivity index (χ1n) is 8.65. The summed E-state index contributed by atoms with van der Waals surface area (Å²) in [6, 6.07) is 17.8. The fourth-order valence-corrected chi connectivity index (χ4v) is 3.45. The number of furan rings is 1. The van der Waals surface area contributed by atoms with Gasteiger partial charge in [-0.25, -0.2) is 0 Å². The van der Waals surface area contributed by atoms with Crippen LogP contribution in [0.4, 0.5) is 5.69 Å². The number of benzene rings is 2. The molecule has 0 bridgehead atoms. The van der Waals surface area contributed by atoms with Crippen molar-refractivity contribution in [3.8, 4) is 0 Å². The van der Waals surface area contributed by atoms with Gasteiger partial charge in [-0.2, -0.15) is 0 Å². The minimum absolute atomic E-state index is 0.0227. The third kappa shape index (κ3) is 3.00. The number of aliphatic hydroxyl groups excluding tert-OH is 1. The van der Waals surface area contributed by atoms with Gasteiger partial charge in [-0.3, -0.25) is 14.5 Å². The molecule has 1 aliphatic rings. The first-order chi connectivity index (χ1) is 13.5. The summed E-state index contributed by atoms with van der Waals surface area (Å²) in [5, 5.41) is 11.4. The number of ketones is 1. The number of anilines is 1. The van der Waals surface area contributed by atoms with Gasteiger partial charge in [-0.15, -0.1) is 0 Å². The molecule has 0 saturated carbocycles. The van der Waals surface area contributed by atoms with E-state index in [1.807, 2.05) is 6.07 Å². The van der Waals surface area contributed by atoms with E-state index in [2.05, 4.69) is 0 Å². The van der Waals surface area contributed by atoms with E-state index in [-0.39, 0.29) is 11.3 Å². The van der Waals surface area contributed by atoms with Crippen LogP contribution in [0.3, 0.4) is 0 Å². The summed E-state index contributed by atoms with van der Waals surface area (Å²) in [5.41, 5.74) is 0.910. The van der Waals surface area contributed by atoms with Crippen LogP contribution < -0.4 is 4.90 Å². The molecular formula is C22H16ClNO4. The van der Waals surface area contributed by atoms with Crippen molar-refractivity contribution < 1.29 is 19.1 Å². The Morgan fingerprint density at radius 1 is 1.00 bits per heavy atom. The lowest BCUT2D eigenvalue weighted by Gasteiger charge is -2.23. The van der Waals surface area contributed by atoms with Gasteiger partial charge in [0.05, 0.1) is 5.57 Å². The molecule has 1 unspecified atom stereocenters. The van der Waals surface area contributed by atoms with Crippen LogP contribution in [0.15, 0.2) is 76.7 Å². The molecule has 1 aromatic heterocycles. The van der Waals surface area contributed by atoms with Crippen LogP contribution in [0.1, 0.15) is 23.1 Å². The number of hydrogen-bond donors (Lipinski definition) is 1. The van der Waals surface area contributed by atoms with Crippen molar-refractivity contribution in [1.29, 1.82) is 0 Å². The largest absolute Gasteiger partial charge is 0.507 e. The predicted molar refractivity (Wildman–Crippen MR) is 106 cm³/mol. The first kappa shape index (κ1) is 18.1. The Bertz CT molecular complexity index is 1080. The number of nitrogens with zero attached hydrogens (tertiary/aromatic N) is 1. The van der Waals surface area contributed by atoms with Crippen LogP contribution in [0.2, 0.25) is 5.02 Å². The second-order valence-corrected chi connectivity index (χ2v) is 6.90. The SMILES string of the molecule is Cc1ccc(C2/C(=C(/O)c3ccc(Cl)cc3)C(=O)C(=O)N2c2ccccc2)o1. The van der Waals surface area contributed by atoms with E-state index in [1.54, 1.807) is 67.6 Å². The molecule has 5 nitrogen and oxygen atoms in total. The summed E-state index contributed by atoms with van der Waals surface area (Å²) in [6.45, 7) is 1.78. The number of para-hydroxylation sites is 1. The van der Waals surface area contributed by atoms with Crippen molar-refractivity contribution in [1.82, 2.24) is 0 Å². The molecule has 0 radical (unpaired) electrons. The van der Waals surface area contributed by atoms with Crippen molar-refractivity contribution in [2.75, 3.05) is 4.90 Å². The van der Waals surface area contributed by atoms with Crippen molar-refractivity contribution >= 4 is 34.7 Å². The van der Waals surface area contributed by atoms with Gasteiger partial charge < -0.3 is 9.52 Å². The lowest BCUT2D eigenvalue weighted by molar-refractivity contribution is -0.132. The summed E-state index contributed by atoms with van der Waals surface area (Å²) in [7, 11) is 0. The van der Waals surface area contributed by atoms with Gasteiger partial charge in [-0.1, -0.05) is 29.8 Å². The first-order valence-corrected chi connectivity index (χ1v) is 9.03. The summed E-state index contributed by atoms with van der Waals surface area (Å²) in [6.07, 6.45) is 0. The molecule has 140 valence electrons. The van der Waals surface area contributed by atoms with Gasteiger partial charge in [0.15, 0.2) is 0 Å². The second-order valence-electron chi connectivity index (χ2n) is 6.46. The Morgan fingerprint density at radius 3 is 2.29 bits per heavy atom. The third-order valence-corrected chi connectivity index (χ3v) is 4.88. The summed E-state index contributed by atoms with van der Waals surface area (Å²) in [5.74, 6) is -0.722. The Labute approximate surface area is 166 Å². The number of hydrogen-bond acceptors (Lipinski definition) is 4. The molecule has 1 fully saturated rings. The molecule has 2 aromatic carbocycles. The van der Waals surface area contributed by atoms with Crippen LogP contribution in [-0.2, 0) is 9.59 Å². The number of rotatable bonds is 3. The Hall–Kier alpha value is -3.31. The van der Waals surface area contributed by atoms with E-state index in [4.69, 9.17) is 16.0 Å². The average molecular weight is 394 g/mol. The lowest BCUT2D eigenvalue weighted by Crippen LogP contribution is -2.29. The average Bonchev–Trinajstić information content (AvgIpc) is 3.24. The minimum Gasteiger partial charge on any atom is -0.507 e. The fourth-order valence-electron chi connectivity index (χ4n) is 3.32. The zero-order valence-corrected chi connectivity index (χ0v) is 15.7. The highest BCUT2D eigenvalue weighted by molar-refractivity contribution is 6.51. The van der Waals surface area contributed by atoms with Crippen LogP contribution in [-0.4, -0.2) is 16.8 Å². The summed E-state index contributed by atoms with van der Waals surface area (Å²) < 4.78 is 5.74. The monoisotopic (exact) mass is 393 g/mol. The van der Waals surface area contributed by atoms with E-state index in [0.717, 1.165) is 0 Å². The molecule has 0 aliphatic carbocycles. The Kier molecular flexibility index (Phi) is 4.53. The van der Waals surface area contributed by atoms with Gasteiger partial charge in [0.25, 0.3) is 11.7 Å². The normalized spacial score (nSPS) is 18.6. The topological polar surface area (TPSA) is 70.8 Å². The number of amides is 1. The number of aliphatic hydroxyl groups is 1. The van der Waals surface area contributed by atoms with Crippen molar-refractivity contribution in [3.63, 3.8) is 0 Å². The Morgan fingerprint density at radius 2 is 1.68 bits per heavy atom. The molecule has 2 heterocycles. The number of carbonyl (C=O) groups excluding carboxylic acids is 2. The van der Waals surface area contributed by atoms with Crippen molar-refractivity contribution in [2.45, 2.75) is 13.0 Å². The standard InChI is InChI=1S/C22H16ClNO4/c1-13-7-12-17(28-13)19-18(20(25)14-8-10-15(23)11-9-14)21(26)22(27)24(19)16-5-3-2-4-6-16/h2-12,19,25H,1H3/b20-18-. The quantitative estimate of drug-likeness (QED) is 0.391. The highest BCUT2D eigenvalue weighted by Crippen LogP contribution is 2.42. The van der Waals surface area contributed by atoms with Gasteiger partial charge in [0.2, 0.25) is 0 Å². The third-order valence-electron chi connectivity index (χ3n) is 4.63. The van der Waals surface area contributed by atoms with Crippen molar-refractivity contribution in [3.05, 3.63) is 94.4 Å². The van der Waals surface area contributed by atoms with Gasteiger partial charge in [-0.05, 0) is 55.5 Å². The van der Waals surface area contributed by atoms with Gasteiger partial charge >= 0.3 is 0 Å². The van der Waals surface area contributed by atoms with E-state index >= 15 is 0 Å². The maximum absolute atomic E-state index is 12.9. The highest BCUT2D eigenvalue weighted by Gasteiger charge is 2.48. The molecule has 1 aliphatic heterocycles. The second kappa shape index (κ2) is 7.02. The maximum Gasteiger partial charge on any atom is 0.300 e. The fraction of sp³-hybridized carbons (Fsp3) is 0.0909. The van der Waals surface area contributed by atoms with E-state index in [1.165, 1.54) is 4.90 Å². The number of carbonyl (C=O) groups is 2. The minimum atomic E-state index is -0.869. The summed E-state index contributed by atoms with van der Waals surface area (Å²) in [4.78, 5) is 27.1. The van der Waals surface area contributed by atoms with Gasteiger partial charge in [0, 0.05) is 16.3 Å². The molecule has 4 rings (SSSR count). The number of halogens is 1. The van der Waals surface area contributed by atoms with E-state index < -0.39 is 17.7 Å². The van der Waals surface area contributed by atoms with Crippen LogP contribution in [0, 0.1) is 6.92 Å². The van der Waals surface area contributed by atoms with Crippen LogP contribution in [0.5, 0.6) is 0 Å². The van der Waals surface area contributed by atoms with Crippen LogP contribution in [0.25, 0.3) is 5.76 Å². The number of Topliss-reactive ketones (excluding diaryl/α,β-unsaturated/α-hetero) is 1. The molecule has 1 atom stereocenters. The van der Waals surface area contributed by atoms with E-state index in [0.29, 0.717) is 27.8 Å². The smallest absolute Gasteiger partial charge is 0.300 e. The lowest BCUT2D eigenvalue weighted by atomic mass is 9.99. The highest BCUT2D eigenvalue weighted by atomic mass is 35.5. The maximum atomic E-state index is 12.9. The van der Waals surface area contributed by atoms with Crippen LogP contribution >= 0.6 is 11.6 Å². The van der Waals surface area contributed by atoms with Crippen molar-refractivity contribution in [2.24, 2.45) is 0 Å². The molecular weight excluding hydrogens is 378 g/mol. The molecule has 1 saturated heterocycles. The Balaban J connectivity index is 1.93. The molecule has 0 spiro atoms. The molecule has 1 amide bonds. The molecule has 1 N–H and O–H groups in total.